The van der Waals surface area contributed by atoms with E-state index >= 15 is 0 Å². The molecule has 0 unspecified atom stereocenters. The number of hydrogen-bond donors (Lipinski definition) is 1. The van der Waals surface area contributed by atoms with Crippen molar-refractivity contribution in [3.05, 3.63) is 83.8 Å². The first kappa shape index (κ1) is 18.9. The standard InChI is InChI=1S/C24H22N2O3/c1-28-23-12-20-21(25-15-26-22(20)13-24(23)29-2)11-16-6-5-8-17(10-16)19-9-4-3-7-18(19)14-27/h3-10,12-13,15,27H,11,14H2,1-2H3. The molecular weight excluding hydrogens is 364 g/mol. The SMILES string of the molecule is COc1cc2ncnc(Cc3cccc(-c4ccccc4CO)c3)c2cc1OC. The summed E-state index contributed by atoms with van der Waals surface area (Å²) in [6, 6.07) is 20.0. The Hall–Kier alpha value is -3.44. The number of benzene rings is 3. The molecule has 0 atom stereocenters. The van der Waals surface area contributed by atoms with Crippen molar-refractivity contribution >= 4 is 10.9 Å². The van der Waals surface area contributed by atoms with Gasteiger partial charge in [0.15, 0.2) is 11.5 Å². The lowest BCUT2D eigenvalue weighted by Crippen LogP contribution is -1.98. The minimum Gasteiger partial charge on any atom is -0.493 e. The zero-order valence-corrected chi connectivity index (χ0v) is 16.4. The first-order valence-electron chi connectivity index (χ1n) is 9.37. The molecule has 5 heteroatoms. The van der Waals surface area contributed by atoms with Crippen LogP contribution >= 0.6 is 0 Å². The van der Waals surface area contributed by atoms with Crippen molar-refractivity contribution < 1.29 is 14.6 Å². The van der Waals surface area contributed by atoms with Crippen LogP contribution in [0.25, 0.3) is 22.0 Å². The van der Waals surface area contributed by atoms with Gasteiger partial charge in [0.05, 0.1) is 32.0 Å². The second-order valence-corrected chi connectivity index (χ2v) is 6.74. The van der Waals surface area contributed by atoms with Crippen molar-refractivity contribution in [1.29, 1.82) is 0 Å². The predicted octanol–water partition coefficient (Wildman–Crippen LogP) is 4.40. The fourth-order valence-corrected chi connectivity index (χ4v) is 3.56. The molecular formula is C24H22N2O3. The maximum Gasteiger partial charge on any atom is 0.162 e. The van der Waals surface area contributed by atoms with E-state index in [0.717, 1.165) is 38.9 Å². The van der Waals surface area contributed by atoms with Gasteiger partial charge in [-0.15, -0.1) is 0 Å². The Morgan fingerprint density at radius 3 is 2.45 bits per heavy atom. The second-order valence-electron chi connectivity index (χ2n) is 6.74. The van der Waals surface area contributed by atoms with Gasteiger partial charge in [0.2, 0.25) is 0 Å². The average molecular weight is 386 g/mol. The third-order valence-corrected chi connectivity index (χ3v) is 5.02. The molecule has 1 aromatic heterocycles. The van der Waals surface area contributed by atoms with Crippen molar-refractivity contribution in [2.45, 2.75) is 13.0 Å². The van der Waals surface area contributed by atoms with Crippen LogP contribution in [0.3, 0.4) is 0 Å². The van der Waals surface area contributed by atoms with Gasteiger partial charge >= 0.3 is 0 Å². The van der Waals surface area contributed by atoms with Crippen LogP contribution in [0.1, 0.15) is 16.8 Å². The van der Waals surface area contributed by atoms with Crippen LogP contribution in [0.2, 0.25) is 0 Å². The second kappa shape index (κ2) is 8.29. The van der Waals surface area contributed by atoms with E-state index in [1.165, 1.54) is 0 Å². The lowest BCUT2D eigenvalue weighted by Gasteiger charge is -2.12. The Morgan fingerprint density at radius 2 is 1.66 bits per heavy atom. The molecule has 4 aromatic rings. The summed E-state index contributed by atoms with van der Waals surface area (Å²) in [5.74, 6) is 1.30. The first-order valence-corrected chi connectivity index (χ1v) is 9.37. The summed E-state index contributed by atoms with van der Waals surface area (Å²) in [5, 5.41) is 10.6. The highest BCUT2D eigenvalue weighted by Crippen LogP contribution is 2.33. The van der Waals surface area contributed by atoms with Gasteiger partial charge in [0.1, 0.15) is 6.33 Å². The minimum atomic E-state index is 0.0125. The van der Waals surface area contributed by atoms with E-state index in [1.807, 2.05) is 42.5 Å². The van der Waals surface area contributed by atoms with Crippen LogP contribution in [0.5, 0.6) is 11.5 Å². The van der Waals surface area contributed by atoms with Crippen molar-refractivity contribution in [1.82, 2.24) is 9.97 Å². The molecule has 0 spiro atoms. The number of hydrogen-bond acceptors (Lipinski definition) is 5. The predicted molar refractivity (Wildman–Crippen MR) is 113 cm³/mol. The average Bonchev–Trinajstić information content (AvgIpc) is 2.78. The highest BCUT2D eigenvalue weighted by molar-refractivity contribution is 5.85. The van der Waals surface area contributed by atoms with Crippen LogP contribution in [-0.4, -0.2) is 29.3 Å². The summed E-state index contributed by atoms with van der Waals surface area (Å²) < 4.78 is 10.8. The summed E-state index contributed by atoms with van der Waals surface area (Å²) >= 11 is 0. The molecule has 1 N–H and O–H groups in total. The number of fused-ring (bicyclic) bond motifs is 1. The van der Waals surface area contributed by atoms with Gasteiger partial charge < -0.3 is 14.6 Å². The highest BCUT2D eigenvalue weighted by Gasteiger charge is 2.12. The first-order chi connectivity index (χ1) is 14.2. The lowest BCUT2D eigenvalue weighted by atomic mass is 9.96. The number of methoxy groups -OCH3 is 2. The minimum absolute atomic E-state index is 0.0125. The normalized spacial score (nSPS) is 10.9. The number of ether oxygens (including phenoxy) is 2. The summed E-state index contributed by atoms with van der Waals surface area (Å²) in [5.41, 5.74) is 5.89. The summed E-state index contributed by atoms with van der Waals surface area (Å²) in [7, 11) is 3.23. The molecule has 0 aliphatic heterocycles. The molecule has 0 radical (unpaired) electrons. The van der Waals surface area contributed by atoms with Gasteiger partial charge in [-0.3, -0.25) is 0 Å². The number of rotatable bonds is 6. The summed E-state index contributed by atoms with van der Waals surface area (Å²) in [4.78, 5) is 8.90. The largest absolute Gasteiger partial charge is 0.493 e. The van der Waals surface area contributed by atoms with E-state index in [-0.39, 0.29) is 6.61 Å². The van der Waals surface area contributed by atoms with Gasteiger partial charge in [-0.1, -0.05) is 48.5 Å². The molecule has 0 saturated heterocycles. The van der Waals surface area contributed by atoms with Gasteiger partial charge in [-0.2, -0.15) is 0 Å². The zero-order valence-electron chi connectivity index (χ0n) is 16.4. The number of nitrogens with zero attached hydrogens (tertiary/aromatic N) is 2. The van der Waals surface area contributed by atoms with Crippen molar-refractivity contribution in [3.63, 3.8) is 0 Å². The van der Waals surface area contributed by atoms with Gasteiger partial charge in [-0.25, -0.2) is 9.97 Å². The number of aliphatic hydroxyl groups is 1. The highest BCUT2D eigenvalue weighted by atomic mass is 16.5. The van der Waals surface area contributed by atoms with E-state index in [9.17, 15) is 5.11 Å². The summed E-state index contributed by atoms with van der Waals surface area (Å²) in [6.45, 7) is 0.0125. The van der Waals surface area contributed by atoms with E-state index in [4.69, 9.17) is 9.47 Å². The smallest absolute Gasteiger partial charge is 0.162 e. The van der Waals surface area contributed by atoms with E-state index in [1.54, 1.807) is 20.5 Å². The van der Waals surface area contributed by atoms with E-state index in [0.29, 0.717) is 17.9 Å². The Kier molecular flexibility index (Phi) is 5.40. The van der Waals surface area contributed by atoms with Gasteiger partial charge in [0.25, 0.3) is 0 Å². The number of aliphatic hydroxyl groups excluding tert-OH is 1. The fourth-order valence-electron chi connectivity index (χ4n) is 3.56. The molecule has 0 saturated carbocycles. The molecule has 0 aliphatic rings. The third-order valence-electron chi connectivity index (χ3n) is 5.02. The lowest BCUT2D eigenvalue weighted by molar-refractivity contribution is 0.282. The van der Waals surface area contributed by atoms with Crippen molar-refractivity contribution in [2.24, 2.45) is 0 Å². The van der Waals surface area contributed by atoms with Crippen LogP contribution in [0.4, 0.5) is 0 Å². The Labute approximate surface area is 169 Å². The monoisotopic (exact) mass is 386 g/mol. The molecule has 146 valence electrons. The maximum absolute atomic E-state index is 9.66. The molecule has 0 bridgehead atoms. The molecule has 0 aliphatic carbocycles. The molecule has 3 aromatic carbocycles. The van der Waals surface area contributed by atoms with Gasteiger partial charge in [-0.05, 0) is 28.3 Å². The van der Waals surface area contributed by atoms with Crippen LogP contribution in [0, 0.1) is 0 Å². The molecule has 0 fully saturated rings. The molecule has 4 rings (SSSR count). The van der Waals surface area contributed by atoms with Crippen LogP contribution in [0.15, 0.2) is 67.0 Å². The van der Waals surface area contributed by atoms with Crippen LogP contribution in [-0.2, 0) is 13.0 Å². The topological polar surface area (TPSA) is 64.5 Å². The molecule has 1 heterocycles. The van der Waals surface area contributed by atoms with E-state index < -0.39 is 0 Å². The van der Waals surface area contributed by atoms with Crippen LogP contribution < -0.4 is 9.47 Å². The Bertz CT molecular complexity index is 1160. The molecule has 5 nitrogen and oxygen atoms in total. The fraction of sp³-hybridized carbons (Fsp3) is 0.167. The van der Waals surface area contributed by atoms with E-state index in [2.05, 4.69) is 28.2 Å². The maximum atomic E-state index is 9.66. The van der Waals surface area contributed by atoms with Crippen molar-refractivity contribution in [2.75, 3.05) is 14.2 Å². The van der Waals surface area contributed by atoms with Crippen molar-refractivity contribution in [3.8, 4) is 22.6 Å². The Morgan fingerprint density at radius 1 is 0.862 bits per heavy atom. The third kappa shape index (κ3) is 3.77. The molecule has 0 amide bonds. The Balaban J connectivity index is 1.74. The van der Waals surface area contributed by atoms with Gasteiger partial charge in [0, 0.05) is 17.9 Å². The molecule has 29 heavy (non-hydrogen) atoms. The quantitative estimate of drug-likeness (QED) is 0.532. The summed E-state index contributed by atoms with van der Waals surface area (Å²) in [6.07, 6.45) is 2.23. The zero-order chi connectivity index (χ0) is 20.2. The number of aromatic nitrogens is 2.